The zero-order valence-corrected chi connectivity index (χ0v) is 15.7. The number of piperidine rings is 2. The third kappa shape index (κ3) is 4.19. The highest BCUT2D eigenvalue weighted by Crippen LogP contribution is 2.29. The number of aliphatic hydroxyl groups excluding tert-OH is 1. The summed E-state index contributed by atoms with van der Waals surface area (Å²) >= 11 is 1.74. The number of amides is 1. The number of aryl methyl sites for hydroxylation is 2. The van der Waals surface area contributed by atoms with Gasteiger partial charge in [-0.05, 0) is 76.1 Å². The average molecular weight is 351 g/mol. The van der Waals surface area contributed by atoms with Crippen molar-refractivity contribution in [2.75, 3.05) is 26.2 Å². The fraction of sp³-hybridized carbons (Fsp3) is 0.737. The Morgan fingerprint density at radius 3 is 2.46 bits per heavy atom. The maximum Gasteiger partial charge on any atom is 0.227 e. The van der Waals surface area contributed by atoms with Crippen molar-refractivity contribution in [3.8, 4) is 0 Å². The zero-order valence-electron chi connectivity index (χ0n) is 14.9. The first-order valence-electron chi connectivity index (χ1n) is 9.27. The van der Waals surface area contributed by atoms with Gasteiger partial charge in [-0.25, -0.2) is 0 Å². The van der Waals surface area contributed by atoms with Crippen LogP contribution in [0.15, 0.2) is 6.07 Å². The van der Waals surface area contributed by atoms with E-state index in [0.29, 0.717) is 18.3 Å². The molecule has 1 atom stereocenters. The van der Waals surface area contributed by atoms with E-state index in [1.165, 1.54) is 15.3 Å². The Hall–Kier alpha value is -0.910. The Labute approximate surface area is 149 Å². The molecule has 2 aliphatic rings. The van der Waals surface area contributed by atoms with Crippen LogP contribution in [0.5, 0.6) is 0 Å². The normalized spacial score (nSPS) is 21.9. The topological polar surface area (TPSA) is 52.6 Å². The number of carbonyl (C=O) groups excluding carboxylic acids is 1. The minimum Gasteiger partial charge on any atom is -0.393 e. The van der Waals surface area contributed by atoms with Gasteiger partial charge < -0.3 is 15.3 Å². The van der Waals surface area contributed by atoms with Crippen LogP contribution in [0.4, 0.5) is 0 Å². The van der Waals surface area contributed by atoms with E-state index >= 15 is 0 Å². The average Bonchev–Trinajstić information content (AvgIpc) is 2.92. The molecular formula is C19H30N2O2S. The third-order valence-corrected chi connectivity index (χ3v) is 6.85. The molecule has 1 aromatic rings. The van der Waals surface area contributed by atoms with Gasteiger partial charge in [0.2, 0.25) is 5.91 Å². The number of hydrogen-bond acceptors (Lipinski definition) is 4. The molecule has 2 fully saturated rings. The number of nitrogens with zero attached hydrogens (tertiary/aromatic N) is 1. The van der Waals surface area contributed by atoms with Crippen molar-refractivity contribution in [3.63, 3.8) is 0 Å². The first-order valence-corrected chi connectivity index (χ1v) is 10.1. The van der Waals surface area contributed by atoms with Crippen LogP contribution in [0.2, 0.25) is 0 Å². The van der Waals surface area contributed by atoms with Crippen molar-refractivity contribution in [1.29, 1.82) is 0 Å². The van der Waals surface area contributed by atoms with E-state index in [2.05, 4.69) is 25.2 Å². The molecular weight excluding hydrogens is 320 g/mol. The molecule has 1 unspecified atom stereocenters. The van der Waals surface area contributed by atoms with Crippen molar-refractivity contribution < 1.29 is 9.90 Å². The lowest BCUT2D eigenvalue weighted by atomic mass is 9.80. The summed E-state index contributed by atoms with van der Waals surface area (Å²) in [5.41, 5.74) is 1.24. The van der Waals surface area contributed by atoms with Crippen LogP contribution in [0, 0.1) is 25.7 Å². The quantitative estimate of drug-likeness (QED) is 0.877. The molecule has 2 N–H and O–H groups in total. The Bertz CT molecular complexity index is 558. The van der Waals surface area contributed by atoms with Crippen LogP contribution in [-0.2, 0) is 11.2 Å². The van der Waals surface area contributed by atoms with Crippen molar-refractivity contribution in [2.24, 2.45) is 11.8 Å². The summed E-state index contributed by atoms with van der Waals surface area (Å²) in [6.07, 6.45) is 4.39. The summed E-state index contributed by atoms with van der Waals surface area (Å²) in [6, 6.07) is 2.16. The minimum absolute atomic E-state index is 0.188. The number of rotatable bonds is 4. The van der Waals surface area contributed by atoms with E-state index < -0.39 is 0 Å². The van der Waals surface area contributed by atoms with Gasteiger partial charge in [-0.2, -0.15) is 0 Å². The molecule has 2 saturated heterocycles. The molecule has 0 bridgehead atoms. The van der Waals surface area contributed by atoms with Crippen LogP contribution < -0.4 is 5.32 Å². The van der Waals surface area contributed by atoms with Crippen molar-refractivity contribution in [1.82, 2.24) is 10.2 Å². The fourth-order valence-corrected chi connectivity index (χ4v) is 5.22. The lowest BCUT2D eigenvalue weighted by molar-refractivity contribution is -0.132. The van der Waals surface area contributed by atoms with Crippen LogP contribution in [0.1, 0.15) is 41.0 Å². The van der Waals surface area contributed by atoms with Gasteiger partial charge in [-0.3, -0.25) is 4.79 Å². The van der Waals surface area contributed by atoms with Gasteiger partial charge in [0.15, 0.2) is 0 Å². The number of hydrogen-bond donors (Lipinski definition) is 2. The first kappa shape index (κ1) is 17.9. The standard InChI is InChI=1S/C19H30N2O2S/c1-13-11-14(2)24-17(13)12-18(22)21-9-5-16(6-10-21)19(23)15-3-7-20-8-4-15/h11,15-16,19-20,23H,3-10,12H2,1-2H3. The highest BCUT2D eigenvalue weighted by atomic mass is 32.1. The molecule has 4 nitrogen and oxygen atoms in total. The summed E-state index contributed by atoms with van der Waals surface area (Å²) in [7, 11) is 0. The lowest BCUT2D eigenvalue weighted by Gasteiger charge is -2.38. The lowest BCUT2D eigenvalue weighted by Crippen LogP contribution is -2.45. The predicted molar refractivity (Wildman–Crippen MR) is 98.4 cm³/mol. The third-order valence-electron chi connectivity index (χ3n) is 5.70. The molecule has 0 aromatic carbocycles. The molecule has 134 valence electrons. The van der Waals surface area contributed by atoms with E-state index in [-0.39, 0.29) is 12.0 Å². The van der Waals surface area contributed by atoms with Crippen molar-refractivity contribution in [2.45, 2.75) is 52.1 Å². The summed E-state index contributed by atoms with van der Waals surface area (Å²) in [5.74, 6) is 1.05. The van der Waals surface area contributed by atoms with Gasteiger partial charge in [0.05, 0.1) is 12.5 Å². The van der Waals surface area contributed by atoms with Gasteiger partial charge in [-0.1, -0.05) is 0 Å². The number of nitrogens with one attached hydrogen (secondary N) is 1. The fourth-order valence-electron chi connectivity index (χ4n) is 4.18. The second-order valence-electron chi connectivity index (χ2n) is 7.44. The maximum absolute atomic E-state index is 12.6. The number of thiophene rings is 1. The molecule has 24 heavy (non-hydrogen) atoms. The smallest absolute Gasteiger partial charge is 0.227 e. The molecule has 0 radical (unpaired) electrons. The van der Waals surface area contributed by atoms with Gasteiger partial charge in [0.25, 0.3) is 0 Å². The molecule has 3 heterocycles. The Balaban J connectivity index is 1.49. The highest BCUT2D eigenvalue weighted by molar-refractivity contribution is 7.12. The number of likely N-dealkylation sites (tertiary alicyclic amines) is 1. The van der Waals surface area contributed by atoms with Crippen molar-refractivity contribution in [3.05, 3.63) is 21.4 Å². The van der Waals surface area contributed by atoms with Crippen LogP contribution in [0.3, 0.4) is 0 Å². The Morgan fingerprint density at radius 1 is 1.25 bits per heavy atom. The molecule has 3 rings (SSSR count). The maximum atomic E-state index is 12.6. The first-order chi connectivity index (χ1) is 11.5. The van der Waals surface area contributed by atoms with Crippen LogP contribution in [-0.4, -0.2) is 48.2 Å². The van der Waals surface area contributed by atoms with Crippen molar-refractivity contribution >= 4 is 17.2 Å². The molecule has 1 amide bonds. The minimum atomic E-state index is -0.188. The SMILES string of the molecule is Cc1cc(C)c(CC(=O)N2CCC(C(O)C3CCNCC3)CC2)s1. The number of aliphatic hydroxyl groups is 1. The van der Waals surface area contributed by atoms with E-state index in [1.54, 1.807) is 11.3 Å². The second-order valence-corrected chi connectivity index (χ2v) is 8.78. The van der Waals surface area contributed by atoms with Gasteiger partial charge in [0, 0.05) is 22.8 Å². The molecule has 1 aromatic heterocycles. The van der Waals surface area contributed by atoms with E-state index in [4.69, 9.17) is 0 Å². The predicted octanol–water partition coefficient (Wildman–Crippen LogP) is 2.51. The van der Waals surface area contributed by atoms with E-state index in [0.717, 1.165) is 51.9 Å². The Kier molecular flexibility index (Phi) is 5.95. The van der Waals surface area contributed by atoms with Crippen LogP contribution in [0.25, 0.3) is 0 Å². The summed E-state index contributed by atoms with van der Waals surface area (Å²) in [5, 5.41) is 14.0. The van der Waals surface area contributed by atoms with E-state index in [1.807, 2.05) is 4.90 Å². The van der Waals surface area contributed by atoms with Gasteiger partial charge in [-0.15, -0.1) is 11.3 Å². The largest absolute Gasteiger partial charge is 0.393 e. The summed E-state index contributed by atoms with van der Waals surface area (Å²) in [6.45, 7) is 7.84. The molecule has 2 aliphatic heterocycles. The monoisotopic (exact) mass is 350 g/mol. The molecule has 0 saturated carbocycles. The summed E-state index contributed by atoms with van der Waals surface area (Å²) < 4.78 is 0. The van der Waals surface area contributed by atoms with E-state index in [9.17, 15) is 9.90 Å². The number of carbonyl (C=O) groups is 1. The van der Waals surface area contributed by atoms with Crippen LogP contribution >= 0.6 is 11.3 Å². The zero-order chi connectivity index (χ0) is 17.1. The van der Waals surface area contributed by atoms with Gasteiger partial charge >= 0.3 is 0 Å². The molecule has 0 spiro atoms. The molecule has 0 aliphatic carbocycles. The molecule has 5 heteroatoms. The second kappa shape index (κ2) is 7.98. The highest BCUT2D eigenvalue weighted by Gasteiger charge is 2.32. The Morgan fingerprint density at radius 2 is 1.88 bits per heavy atom. The summed E-state index contributed by atoms with van der Waals surface area (Å²) in [4.78, 5) is 17.0. The van der Waals surface area contributed by atoms with Gasteiger partial charge in [0.1, 0.15) is 0 Å².